The Hall–Kier alpha value is -1.79. The van der Waals surface area contributed by atoms with Crippen molar-refractivity contribution in [1.82, 2.24) is 5.43 Å². The summed E-state index contributed by atoms with van der Waals surface area (Å²) in [6, 6.07) is 8.63. The molecule has 108 valence electrons. The molecule has 0 aliphatic heterocycles. The minimum absolute atomic E-state index is 0.190. The topological polar surface area (TPSA) is 51.2 Å². The highest BCUT2D eigenvalue weighted by atomic mass is 19.4. The Morgan fingerprint density at radius 1 is 1.15 bits per heavy atom. The van der Waals surface area contributed by atoms with Crippen molar-refractivity contribution in [2.75, 3.05) is 0 Å². The molecule has 2 aromatic rings. The average Bonchev–Trinajstić information content (AvgIpc) is 2.90. The van der Waals surface area contributed by atoms with Gasteiger partial charge in [0.2, 0.25) is 0 Å². The molecule has 0 saturated carbocycles. The second kappa shape index (κ2) is 6.11. The van der Waals surface area contributed by atoms with Gasteiger partial charge in [-0.15, -0.1) is 0 Å². The van der Waals surface area contributed by atoms with Gasteiger partial charge in [-0.25, -0.2) is 0 Å². The fourth-order valence-corrected chi connectivity index (χ4v) is 2.02. The lowest BCUT2D eigenvalue weighted by Crippen LogP contribution is -2.38. The molecule has 0 bridgehead atoms. The highest BCUT2D eigenvalue weighted by molar-refractivity contribution is 5.26. The Labute approximate surface area is 114 Å². The van der Waals surface area contributed by atoms with Crippen molar-refractivity contribution in [3.05, 3.63) is 59.5 Å². The highest BCUT2D eigenvalue weighted by Gasteiger charge is 2.30. The van der Waals surface area contributed by atoms with Crippen molar-refractivity contribution < 1.29 is 17.6 Å². The van der Waals surface area contributed by atoms with Crippen LogP contribution in [0.4, 0.5) is 13.2 Å². The Bertz CT molecular complexity index is 538. The van der Waals surface area contributed by atoms with Gasteiger partial charge in [-0.2, -0.15) is 13.2 Å². The van der Waals surface area contributed by atoms with E-state index < -0.39 is 11.7 Å². The molecular formula is C14H15F3N2O. The van der Waals surface area contributed by atoms with Crippen LogP contribution in [0.25, 0.3) is 0 Å². The van der Waals surface area contributed by atoms with Gasteiger partial charge in [-0.3, -0.25) is 11.3 Å². The number of hydrogen-bond acceptors (Lipinski definition) is 3. The molecule has 0 saturated heterocycles. The van der Waals surface area contributed by atoms with E-state index in [0.29, 0.717) is 18.4 Å². The number of nitrogens with one attached hydrogen (secondary N) is 1. The van der Waals surface area contributed by atoms with E-state index in [1.807, 2.05) is 0 Å². The highest BCUT2D eigenvalue weighted by Crippen LogP contribution is 2.29. The van der Waals surface area contributed by atoms with Gasteiger partial charge >= 0.3 is 6.18 Å². The fourth-order valence-electron chi connectivity index (χ4n) is 2.02. The number of nitrogens with two attached hydrogens (primary N) is 1. The van der Waals surface area contributed by atoms with Crippen LogP contribution in [0.3, 0.4) is 0 Å². The van der Waals surface area contributed by atoms with Crippen LogP contribution in [-0.2, 0) is 19.0 Å². The van der Waals surface area contributed by atoms with E-state index >= 15 is 0 Å². The molecule has 1 atom stereocenters. The van der Waals surface area contributed by atoms with Crippen LogP contribution in [0.15, 0.2) is 47.1 Å². The molecule has 0 radical (unpaired) electrons. The first-order valence-corrected chi connectivity index (χ1v) is 6.13. The van der Waals surface area contributed by atoms with Gasteiger partial charge < -0.3 is 4.42 Å². The lowest BCUT2D eigenvalue weighted by atomic mass is 10.0. The number of furan rings is 1. The van der Waals surface area contributed by atoms with Crippen molar-refractivity contribution in [2.45, 2.75) is 25.1 Å². The molecule has 0 spiro atoms. The van der Waals surface area contributed by atoms with Crippen LogP contribution in [0.1, 0.15) is 16.9 Å². The van der Waals surface area contributed by atoms with Crippen LogP contribution in [0.5, 0.6) is 0 Å². The van der Waals surface area contributed by atoms with Gasteiger partial charge in [0.25, 0.3) is 0 Å². The summed E-state index contributed by atoms with van der Waals surface area (Å²) in [6.45, 7) is 0. The van der Waals surface area contributed by atoms with Gasteiger partial charge in [0, 0.05) is 12.5 Å². The van der Waals surface area contributed by atoms with Crippen LogP contribution >= 0.6 is 0 Å². The quantitative estimate of drug-likeness (QED) is 0.655. The minimum atomic E-state index is -4.33. The Morgan fingerprint density at radius 3 is 2.55 bits per heavy atom. The summed E-state index contributed by atoms with van der Waals surface area (Å²) < 4.78 is 43.1. The van der Waals surface area contributed by atoms with E-state index in [4.69, 9.17) is 10.3 Å². The lowest BCUT2D eigenvalue weighted by Gasteiger charge is -2.15. The summed E-state index contributed by atoms with van der Waals surface area (Å²) in [7, 11) is 0. The second-order valence-electron chi connectivity index (χ2n) is 4.55. The van der Waals surface area contributed by atoms with Crippen molar-refractivity contribution >= 4 is 0 Å². The summed E-state index contributed by atoms with van der Waals surface area (Å²) in [5.41, 5.74) is 2.53. The number of hydrazine groups is 1. The third-order valence-electron chi connectivity index (χ3n) is 3.00. The molecule has 0 aliphatic rings. The van der Waals surface area contributed by atoms with E-state index in [0.717, 1.165) is 17.9 Å². The molecule has 1 aromatic heterocycles. The largest absolute Gasteiger partial charge is 0.469 e. The number of halogens is 3. The summed E-state index contributed by atoms with van der Waals surface area (Å²) in [6.07, 6.45) is -1.88. The Kier molecular flexibility index (Phi) is 4.46. The molecule has 1 unspecified atom stereocenters. The molecule has 0 amide bonds. The molecule has 0 fully saturated rings. The zero-order valence-corrected chi connectivity index (χ0v) is 10.7. The molecule has 3 nitrogen and oxygen atoms in total. The number of alkyl halides is 3. The van der Waals surface area contributed by atoms with E-state index in [9.17, 15) is 13.2 Å². The predicted octanol–water partition coefficient (Wildman–Crippen LogP) is 2.92. The van der Waals surface area contributed by atoms with Crippen LogP contribution in [-0.4, -0.2) is 6.04 Å². The maximum atomic E-state index is 12.6. The molecule has 6 heteroatoms. The van der Waals surface area contributed by atoms with Gasteiger partial charge in [-0.05, 0) is 30.2 Å². The Balaban J connectivity index is 2.07. The van der Waals surface area contributed by atoms with Crippen molar-refractivity contribution in [1.29, 1.82) is 0 Å². The second-order valence-corrected chi connectivity index (χ2v) is 4.55. The Morgan fingerprint density at radius 2 is 1.95 bits per heavy atom. The van der Waals surface area contributed by atoms with Crippen molar-refractivity contribution in [2.24, 2.45) is 5.84 Å². The molecule has 3 N–H and O–H groups in total. The third-order valence-corrected chi connectivity index (χ3v) is 3.00. The van der Waals surface area contributed by atoms with Crippen molar-refractivity contribution in [3.63, 3.8) is 0 Å². The molecule has 0 aliphatic carbocycles. The number of rotatable bonds is 5. The first-order valence-electron chi connectivity index (χ1n) is 6.13. The van der Waals surface area contributed by atoms with Gasteiger partial charge in [0.05, 0.1) is 11.8 Å². The predicted molar refractivity (Wildman–Crippen MR) is 68.7 cm³/mol. The van der Waals surface area contributed by atoms with Gasteiger partial charge in [-0.1, -0.05) is 18.2 Å². The summed E-state index contributed by atoms with van der Waals surface area (Å²) in [4.78, 5) is 0. The summed E-state index contributed by atoms with van der Waals surface area (Å²) in [5, 5.41) is 0. The normalized spacial score (nSPS) is 13.4. The van der Waals surface area contributed by atoms with Gasteiger partial charge in [0.15, 0.2) is 0 Å². The molecule has 1 aromatic carbocycles. The summed E-state index contributed by atoms with van der Waals surface area (Å²) >= 11 is 0. The average molecular weight is 284 g/mol. The fraction of sp³-hybridized carbons (Fsp3) is 0.286. The summed E-state index contributed by atoms with van der Waals surface area (Å²) in [5.74, 6) is 6.18. The molecule has 1 heterocycles. The zero-order chi connectivity index (χ0) is 14.6. The van der Waals surface area contributed by atoms with E-state index in [1.54, 1.807) is 24.5 Å². The standard InChI is InChI=1S/C14H15F3N2O/c15-14(16,17)11-4-1-3-10(7-11)8-12(19-18)9-13-5-2-6-20-13/h1-7,12,19H,8-9,18H2. The lowest BCUT2D eigenvalue weighted by molar-refractivity contribution is -0.137. The SMILES string of the molecule is NNC(Cc1cccc(C(F)(F)F)c1)Cc1ccco1. The zero-order valence-electron chi connectivity index (χ0n) is 10.7. The van der Waals surface area contributed by atoms with E-state index in [2.05, 4.69) is 5.43 Å². The maximum Gasteiger partial charge on any atom is 0.416 e. The monoisotopic (exact) mass is 284 g/mol. The first kappa shape index (κ1) is 14.6. The minimum Gasteiger partial charge on any atom is -0.469 e. The van der Waals surface area contributed by atoms with Crippen molar-refractivity contribution in [3.8, 4) is 0 Å². The van der Waals surface area contributed by atoms with Crippen LogP contribution in [0, 0.1) is 0 Å². The third kappa shape index (κ3) is 3.85. The molecule has 2 rings (SSSR count). The van der Waals surface area contributed by atoms with Crippen LogP contribution < -0.4 is 11.3 Å². The van der Waals surface area contributed by atoms with E-state index in [-0.39, 0.29) is 6.04 Å². The smallest absolute Gasteiger partial charge is 0.416 e. The maximum absolute atomic E-state index is 12.6. The first-order chi connectivity index (χ1) is 9.49. The van der Waals surface area contributed by atoms with Gasteiger partial charge in [0.1, 0.15) is 5.76 Å². The molecule has 20 heavy (non-hydrogen) atoms. The van der Waals surface area contributed by atoms with Crippen LogP contribution in [0.2, 0.25) is 0 Å². The molecular weight excluding hydrogens is 269 g/mol. The van der Waals surface area contributed by atoms with E-state index in [1.165, 1.54) is 6.07 Å². The number of benzene rings is 1. The number of hydrogen-bond donors (Lipinski definition) is 2.